The van der Waals surface area contributed by atoms with Gasteiger partial charge in [-0.25, -0.2) is 4.98 Å². The number of thiophene rings is 1. The van der Waals surface area contributed by atoms with Crippen LogP contribution in [0.4, 0.5) is 11.8 Å². The van der Waals surface area contributed by atoms with E-state index in [9.17, 15) is 10.2 Å². The molecular weight excluding hydrogens is 276 g/mol. The minimum Gasteiger partial charge on any atom is -0.394 e. The summed E-state index contributed by atoms with van der Waals surface area (Å²) in [5.74, 6) is 1.14. The molecule has 0 saturated carbocycles. The van der Waals surface area contributed by atoms with Crippen LogP contribution in [0, 0.1) is 0 Å². The van der Waals surface area contributed by atoms with Crippen LogP contribution < -0.4 is 10.6 Å². The number of aliphatic hydroxyl groups is 2. The largest absolute Gasteiger partial charge is 0.394 e. The molecule has 0 fully saturated rings. The Balaban J connectivity index is 2.52. The second-order valence-corrected chi connectivity index (χ2v) is 6.05. The van der Waals surface area contributed by atoms with E-state index in [0.29, 0.717) is 11.8 Å². The summed E-state index contributed by atoms with van der Waals surface area (Å²) in [6, 6.07) is 2.05. The Hall–Kier alpha value is -1.44. The van der Waals surface area contributed by atoms with Crippen molar-refractivity contribution in [3.63, 3.8) is 0 Å². The van der Waals surface area contributed by atoms with Crippen LogP contribution in [0.3, 0.4) is 0 Å². The molecule has 0 atom stereocenters. The molecule has 2 aromatic rings. The molecule has 0 aliphatic heterocycles. The third-order valence-corrected chi connectivity index (χ3v) is 4.31. The van der Waals surface area contributed by atoms with Gasteiger partial charge >= 0.3 is 0 Å². The van der Waals surface area contributed by atoms with E-state index < -0.39 is 5.54 Å². The predicted molar refractivity (Wildman–Crippen MR) is 82.5 cm³/mol. The number of nitrogens with zero attached hydrogens (tertiary/aromatic N) is 2. The fourth-order valence-corrected chi connectivity index (χ4v) is 2.73. The maximum Gasteiger partial charge on any atom is 0.225 e. The molecule has 0 spiro atoms. The van der Waals surface area contributed by atoms with Gasteiger partial charge in [0.2, 0.25) is 5.95 Å². The first-order valence-corrected chi connectivity index (χ1v) is 7.35. The SMILES string of the molecule is CCc1cc2c(NC(C)(CO)CO)nc(NC)nc2s1. The zero-order valence-corrected chi connectivity index (χ0v) is 12.7. The van der Waals surface area contributed by atoms with Crippen molar-refractivity contribution >= 4 is 33.3 Å². The smallest absolute Gasteiger partial charge is 0.225 e. The van der Waals surface area contributed by atoms with Gasteiger partial charge in [0.25, 0.3) is 0 Å². The van der Waals surface area contributed by atoms with Gasteiger partial charge < -0.3 is 20.8 Å². The van der Waals surface area contributed by atoms with E-state index in [1.54, 1.807) is 25.3 Å². The first-order chi connectivity index (χ1) is 9.55. The van der Waals surface area contributed by atoms with Crippen molar-refractivity contribution in [3.8, 4) is 0 Å². The lowest BCUT2D eigenvalue weighted by Gasteiger charge is -2.27. The first-order valence-electron chi connectivity index (χ1n) is 6.53. The second-order valence-electron chi connectivity index (χ2n) is 4.93. The molecule has 0 unspecified atom stereocenters. The molecule has 7 heteroatoms. The van der Waals surface area contributed by atoms with Crippen LogP contribution in [-0.4, -0.2) is 46.0 Å². The Bertz CT molecular complexity index is 595. The minimum absolute atomic E-state index is 0.186. The van der Waals surface area contributed by atoms with E-state index in [1.165, 1.54) is 4.88 Å². The molecule has 20 heavy (non-hydrogen) atoms. The maximum absolute atomic E-state index is 9.42. The number of rotatable bonds is 6. The molecular formula is C13H20N4O2S. The lowest BCUT2D eigenvalue weighted by molar-refractivity contribution is 0.147. The summed E-state index contributed by atoms with van der Waals surface area (Å²) >= 11 is 1.63. The number of aromatic nitrogens is 2. The van der Waals surface area contributed by atoms with Crippen molar-refractivity contribution in [2.24, 2.45) is 0 Å². The molecule has 0 aliphatic carbocycles. The third kappa shape index (κ3) is 2.84. The summed E-state index contributed by atoms with van der Waals surface area (Å²) < 4.78 is 0. The maximum atomic E-state index is 9.42. The van der Waals surface area contributed by atoms with E-state index in [0.717, 1.165) is 16.6 Å². The van der Waals surface area contributed by atoms with E-state index in [4.69, 9.17) is 0 Å². The number of aliphatic hydroxyl groups excluding tert-OH is 2. The normalized spacial score (nSPS) is 11.8. The molecule has 2 rings (SSSR count). The lowest BCUT2D eigenvalue weighted by atomic mass is 10.1. The zero-order chi connectivity index (χ0) is 14.8. The average molecular weight is 296 g/mol. The van der Waals surface area contributed by atoms with Crippen LogP contribution in [0.15, 0.2) is 6.07 Å². The standard InChI is InChI=1S/C13H20N4O2S/c1-4-8-5-9-10(17-13(2,6-18)7-19)15-12(14-3)16-11(9)20-8/h5,18-19H,4,6-7H2,1-3H3,(H2,14,15,16,17). The van der Waals surface area contributed by atoms with Crippen molar-refractivity contribution in [1.29, 1.82) is 0 Å². The van der Waals surface area contributed by atoms with Gasteiger partial charge in [-0.1, -0.05) is 6.92 Å². The van der Waals surface area contributed by atoms with Gasteiger partial charge in [0.15, 0.2) is 0 Å². The molecule has 0 amide bonds. The summed E-state index contributed by atoms with van der Waals surface area (Å²) in [6.45, 7) is 3.46. The molecule has 4 N–H and O–H groups in total. The van der Waals surface area contributed by atoms with Crippen molar-refractivity contribution in [1.82, 2.24) is 9.97 Å². The summed E-state index contributed by atoms with van der Waals surface area (Å²) in [6.07, 6.45) is 0.937. The summed E-state index contributed by atoms with van der Waals surface area (Å²) in [4.78, 5) is 10.9. The van der Waals surface area contributed by atoms with E-state index in [1.807, 2.05) is 0 Å². The highest BCUT2D eigenvalue weighted by atomic mass is 32.1. The van der Waals surface area contributed by atoms with Gasteiger partial charge in [0.05, 0.1) is 24.1 Å². The quantitative estimate of drug-likeness (QED) is 0.645. The molecule has 2 heterocycles. The molecule has 0 aromatic carbocycles. The van der Waals surface area contributed by atoms with E-state index in [2.05, 4.69) is 33.6 Å². The number of nitrogens with one attached hydrogen (secondary N) is 2. The van der Waals surface area contributed by atoms with Crippen molar-refractivity contribution < 1.29 is 10.2 Å². The zero-order valence-electron chi connectivity index (χ0n) is 11.9. The summed E-state index contributed by atoms with van der Waals surface area (Å²) in [7, 11) is 1.76. The van der Waals surface area contributed by atoms with Crippen molar-refractivity contribution in [2.45, 2.75) is 25.8 Å². The second kappa shape index (κ2) is 5.90. The Morgan fingerprint density at radius 3 is 2.55 bits per heavy atom. The molecule has 2 aromatic heterocycles. The predicted octanol–water partition coefficient (Wildman–Crippen LogP) is 1.45. The van der Waals surface area contributed by atoms with Crippen LogP contribution in [0.25, 0.3) is 10.2 Å². The van der Waals surface area contributed by atoms with Gasteiger partial charge in [-0.3, -0.25) is 0 Å². The van der Waals surface area contributed by atoms with Crippen LogP contribution in [0.2, 0.25) is 0 Å². The Morgan fingerprint density at radius 2 is 2.00 bits per heavy atom. The van der Waals surface area contributed by atoms with E-state index >= 15 is 0 Å². The number of anilines is 2. The topological polar surface area (TPSA) is 90.3 Å². The van der Waals surface area contributed by atoms with Crippen molar-refractivity contribution in [2.75, 3.05) is 30.9 Å². The first kappa shape index (κ1) is 15.0. The molecule has 110 valence electrons. The van der Waals surface area contributed by atoms with Crippen LogP contribution in [-0.2, 0) is 6.42 Å². The van der Waals surface area contributed by atoms with E-state index in [-0.39, 0.29) is 13.2 Å². The van der Waals surface area contributed by atoms with Gasteiger partial charge in [0, 0.05) is 11.9 Å². The highest BCUT2D eigenvalue weighted by Gasteiger charge is 2.24. The van der Waals surface area contributed by atoms with Crippen molar-refractivity contribution in [3.05, 3.63) is 10.9 Å². The monoisotopic (exact) mass is 296 g/mol. The van der Waals surface area contributed by atoms with Gasteiger partial charge in [-0.2, -0.15) is 4.98 Å². The Labute approximate surface area is 121 Å². The highest BCUT2D eigenvalue weighted by molar-refractivity contribution is 7.18. The molecule has 0 radical (unpaired) electrons. The Morgan fingerprint density at radius 1 is 1.30 bits per heavy atom. The summed E-state index contributed by atoms with van der Waals surface area (Å²) in [5.41, 5.74) is -0.819. The van der Waals surface area contributed by atoms with Crippen LogP contribution in [0.5, 0.6) is 0 Å². The molecule has 0 aliphatic rings. The van der Waals surface area contributed by atoms with Gasteiger partial charge in [0.1, 0.15) is 10.6 Å². The molecule has 0 saturated heterocycles. The fraction of sp³-hybridized carbons (Fsp3) is 0.538. The van der Waals surface area contributed by atoms with Gasteiger partial charge in [-0.05, 0) is 19.4 Å². The summed E-state index contributed by atoms with van der Waals surface area (Å²) in [5, 5.41) is 25.8. The molecule has 6 nitrogen and oxygen atoms in total. The van der Waals surface area contributed by atoms with Gasteiger partial charge in [-0.15, -0.1) is 11.3 Å². The number of fused-ring (bicyclic) bond motifs is 1. The fourth-order valence-electron chi connectivity index (χ4n) is 1.77. The van der Waals surface area contributed by atoms with Crippen LogP contribution >= 0.6 is 11.3 Å². The molecule has 0 bridgehead atoms. The highest BCUT2D eigenvalue weighted by Crippen LogP contribution is 2.31. The third-order valence-electron chi connectivity index (χ3n) is 3.13. The average Bonchev–Trinajstić information content (AvgIpc) is 2.90. The minimum atomic E-state index is -0.819. The lowest BCUT2D eigenvalue weighted by Crippen LogP contribution is -2.42. The number of aryl methyl sites for hydroxylation is 1. The van der Waals surface area contributed by atoms with Crippen LogP contribution in [0.1, 0.15) is 18.7 Å². The number of hydrogen-bond donors (Lipinski definition) is 4. The number of hydrogen-bond acceptors (Lipinski definition) is 7. The Kier molecular flexibility index (Phi) is 4.42.